The fraction of sp³-hybridized carbons (Fsp3) is 0.389. The largest absolute Gasteiger partial charge is 0.393 e. The number of halogens is 3. The normalized spacial score (nSPS) is 19.7. The molecule has 3 N–H and O–H groups in total. The van der Waals surface area contributed by atoms with Crippen LogP contribution in [0.3, 0.4) is 0 Å². The smallest absolute Gasteiger partial charge is 0.265 e. The summed E-state index contributed by atoms with van der Waals surface area (Å²) in [4.78, 5) is 13.1. The predicted octanol–water partition coefficient (Wildman–Crippen LogP) is 5.34. The summed E-state index contributed by atoms with van der Waals surface area (Å²) in [6, 6.07) is 8.06. The van der Waals surface area contributed by atoms with E-state index >= 15 is 0 Å². The Hall–Kier alpha value is -0.440. The van der Waals surface area contributed by atoms with Gasteiger partial charge in [-0.15, -0.1) is 23.7 Å². The van der Waals surface area contributed by atoms with Gasteiger partial charge in [0.2, 0.25) is 0 Å². The van der Waals surface area contributed by atoms with Crippen molar-refractivity contribution in [2.45, 2.75) is 44.4 Å². The second-order valence-electron chi connectivity index (χ2n) is 6.24. The van der Waals surface area contributed by atoms with Crippen LogP contribution in [0, 0.1) is 0 Å². The fourth-order valence-corrected chi connectivity index (χ4v) is 5.06. The molecule has 8 heteroatoms. The lowest BCUT2D eigenvalue weighted by molar-refractivity contribution is 0.103. The van der Waals surface area contributed by atoms with Crippen molar-refractivity contribution in [2.24, 2.45) is 0 Å². The van der Waals surface area contributed by atoms with Crippen molar-refractivity contribution in [3.05, 3.63) is 49.0 Å². The zero-order valence-electron chi connectivity index (χ0n) is 14.0. The highest BCUT2D eigenvalue weighted by atomic mass is 79.9. The van der Waals surface area contributed by atoms with Gasteiger partial charge in [0.25, 0.3) is 5.91 Å². The van der Waals surface area contributed by atoms with Crippen LogP contribution in [-0.4, -0.2) is 23.2 Å². The average molecular weight is 525 g/mol. The number of aliphatic hydroxyl groups excluding tert-OH is 1. The van der Waals surface area contributed by atoms with Crippen molar-refractivity contribution in [3.63, 3.8) is 0 Å². The first kappa shape index (κ1) is 21.9. The van der Waals surface area contributed by atoms with Crippen LogP contribution in [0.1, 0.15) is 40.9 Å². The molecule has 0 spiro atoms. The molecule has 1 aromatic carbocycles. The lowest BCUT2D eigenvalue weighted by Crippen LogP contribution is -2.34. The van der Waals surface area contributed by atoms with Gasteiger partial charge in [-0.05, 0) is 70.8 Å². The van der Waals surface area contributed by atoms with Gasteiger partial charge >= 0.3 is 0 Å². The van der Waals surface area contributed by atoms with Crippen molar-refractivity contribution < 1.29 is 9.90 Å². The summed E-state index contributed by atoms with van der Waals surface area (Å²) in [5, 5.41) is 18.1. The Morgan fingerprint density at radius 3 is 2.62 bits per heavy atom. The first-order valence-corrected chi connectivity index (χ1v) is 10.7. The van der Waals surface area contributed by atoms with Gasteiger partial charge in [-0.2, -0.15) is 0 Å². The molecule has 0 bridgehead atoms. The molecule has 142 valence electrons. The van der Waals surface area contributed by atoms with Gasteiger partial charge in [0, 0.05) is 21.5 Å². The zero-order valence-corrected chi connectivity index (χ0v) is 18.8. The molecule has 1 saturated carbocycles. The topological polar surface area (TPSA) is 61.4 Å². The molecular weight excluding hydrogens is 504 g/mol. The Balaban J connectivity index is 0.00000243. The van der Waals surface area contributed by atoms with Gasteiger partial charge in [0.05, 0.1) is 16.7 Å². The van der Waals surface area contributed by atoms with E-state index in [2.05, 4.69) is 42.5 Å². The summed E-state index contributed by atoms with van der Waals surface area (Å²) < 4.78 is 1.81. The maximum Gasteiger partial charge on any atom is 0.265 e. The predicted molar refractivity (Wildman–Crippen MR) is 116 cm³/mol. The molecule has 1 fully saturated rings. The highest BCUT2D eigenvalue weighted by Crippen LogP contribution is 2.32. The minimum atomic E-state index is -0.154. The third-order valence-electron chi connectivity index (χ3n) is 4.40. The summed E-state index contributed by atoms with van der Waals surface area (Å²) in [6.45, 7) is 0.666. The Morgan fingerprint density at radius 1 is 1.23 bits per heavy atom. The van der Waals surface area contributed by atoms with Crippen molar-refractivity contribution in [2.75, 3.05) is 5.32 Å². The molecule has 26 heavy (non-hydrogen) atoms. The van der Waals surface area contributed by atoms with E-state index in [0.717, 1.165) is 45.9 Å². The van der Waals surface area contributed by atoms with E-state index < -0.39 is 0 Å². The minimum absolute atomic E-state index is 0. The minimum Gasteiger partial charge on any atom is -0.393 e. The monoisotopic (exact) mass is 522 g/mol. The number of anilines is 1. The van der Waals surface area contributed by atoms with Crippen LogP contribution >= 0.6 is 55.6 Å². The SMILES string of the molecule is Cl.O=C(Nc1c(Br)cc(Br)cc1CNC1CCC(O)CC1)c1cccs1. The molecular formula is C18H21Br2ClN2O2S. The van der Waals surface area contributed by atoms with E-state index in [4.69, 9.17) is 0 Å². The van der Waals surface area contributed by atoms with E-state index in [9.17, 15) is 9.90 Å². The number of aliphatic hydroxyl groups is 1. The summed E-state index contributed by atoms with van der Waals surface area (Å²) >= 11 is 8.51. The van der Waals surface area contributed by atoms with Gasteiger partial charge in [0.15, 0.2) is 0 Å². The zero-order chi connectivity index (χ0) is 17.8. The van der Waals surface area contributed by atoms with E-state index in [0.29, 0.717) is 17.5 Å². The number of carbonyl (C=O) groups excluding carboxylic acids is 1. The Labute approximate surface area is 180 Å². The van der Waals surface area contributed by atoms with Crippen LogP contribution in [0.15, 0.2) is 38.6 Å². The van der Waals surface area contributed by atoms with Crippen LogP contribution < -0.4 is 10.6 Å². The molecule has 0 aliphatic heterocycles. The Bertz CT molecular complexity index is 735. The summed E-state index contributed by atoms with van der Waals surface area (Å²) in [7, 11) is 0. The Morgan fingerprint density at radius 2 is 1.96 bits per heavy atom. The third-order valence-corrected chi connectivity index (χ3v) is 6.35. The van der Waals surface area contributed by atoms with E-state index in [1.807, 2.05) is 29.6 Å². The first-order valence-electron chi connectivity index (χ1n) is 8.27. The fourth-order valence-electron chi connectivity index (χ4n) is 3.02. The van der Waals surface area contributed by atoms with Crippen LogP contribution in [0.25, 0.3) is 0 Å². The maximum atomic E-state index is 12.4. The van der Waals surface area contributed by atoms with Crippen molar-refractivity contribution >= 4 is 67.2 Å². The maximum absolute atomic E-state index is 12.4. The summed E-state index contributed by atoms with van der Waals surface area (Å²) in [6.07, 6.45) is 3.50. The molecule has 1 aliphatic rings. The van der Waals surface area contributed by atoms with Crippen molar-refractivity contribution in [1.82, 2.24) is 5.32 Å². The number of hydrogen-bond acceptors (Lipinski definition) is 4. The molecule has 1 aromatic heterocycles. The van der Waals surface area contributed by atoms with Gasteiger partial charge < -0.3 is 15.7 Å². The number of nitrogens with one attached hydrogen (secondary N) is 2. The molecule has 0 saturated heterocycles. The number of thiophene rings is 1. The van der Waals surface area contributed by atoms with Crippen LogP contribution in [0.4, 0.5) is 5.69 Å². The van der Waals surface area contributed by atoms with Crippen LogP contribution in [0.5, 0.6) is 0 Å². The average Bonchev–Trinajstić information content (AvgIpc) is 3.11. The quantitative estimate of drug-likeness (QED) is 0.495. The number of amides is 1. The van der Waals surface area contributed by atoms with E-state index in [1.54, 1.807) is 0 Å². The van der Waals surface area contributed by atoms with Crippen molar-refractivity contribution in [1.29, 1.82) is 0 Å². The molecule has 0 radical (unpaired) electrons. The highest BCUT2D eigenvalue weighted by molar-refractivity contribution is 9.11. The second kappa shape index (κ2) is 10.2. The van der Waals surface area contributed by atoms with E-state index in [-0.39, 0.29) is 24.4 Å². The van der Waals surface area contributed by atoms with E-state index in [1.165, 1.54) is 11.3 Å². The van der Waals surface area contributed by atoms with Crippen molar-refractivity contribution in [3.8, 4) is 0 Å². The summed E-state index contributed by atoms with van der Waals surface area (Å²) in [5.74, 6) is -0.0972. The van der Waals surface area contributed by atoms with Gasteiger partial charge in [0.1, 0.15) is 0 Å². The van der Waals surface area contributed by atoms with Gasteiger partial charge in [-0.25, -0.2) is 0 Å². The molecule has 3 rings (SSSR count). The second-order valence-corrected chi connectivity index (χ2v) is 8.96. The molecule has 1 heterocycles. The number of hydrogen-bond donors (Lipinski definition) is 3. The molecule has 1 amide bonds. The Kier molecular flexibility index (Phi) is 8.57. The third kappa shape index (κ3) is 5.78. The molecule has 1 aliphatic carbocycles. The van der Waals surface area contributed by atoms with Gasteiger partial charge in [-0.1, -0.05) is 22.0 Å². The molecule has 0 unspecified atom stereocenters. The van der Waals surface area contributed by atoms with Crippen LogP contribution in [-0.2, 0) is 6.54 Å². The van der Waals surface area contributed by atoms with Gasteiger partial charge in [-0.3, -0.25) is 4.79 Å². The number of rotatable bonds is 5. The standard InChI is InChI=1S/C18H20Br2N2O2S.ClH/c19-12-8-11(10-21-13-3-5-14(23)6-4-13)17(15(20)9-12)22-18(24)16-2-1-7-25-16;/h1-2,7-9,13-14,21,23H,3-6,10H2,(H,22,24);1H. The van der Waals surface area contributed by atoms with Crippen LogP contribution in [0.2, 0.25) is 0 Å². The summed E-state index contributed by atoms with van der Waals surface area (Å²) in [5.41, 5.74) is 1.82. The highest BCUT2D eigenvalue weighted by Gasteiger charge is 2.20. The lowest BCUT2D eigenvalue weighted by Gasteiger charge is -2.27. The number of carbonyl (C=O) groups is 1. The number of benzene rings is 1. The molecule has 4 nitrogen and oxygen atoms in total. The lowest BCUT2D eigenvalue weighted by atomic mass is 9.93. The molecule has 2 aromatic rings. The molecule has 0 atom stereocenters. The first-order chi connectivity index (χ1) is 12.0.